The molecule has 0 aromatic rings. The Labute approximate surface area is 83.9 Å². The summed E-state index contributed by atoms with van der Waals surface area (Å²) in [6.45, 7) is -0.270. The van der Waals surface area contributed by atoms with Gasteiger partial charge in [0.05, 0.1) is 13.2 Å². The van der Waals surface area contributed by atoms with Gasteiger partial charge in [0.25, 0.3) is 5.60 Å². The van der Waals surface area contributed by atoms with Gasteiger partial charge in [-0.2, -0.15) is 13.2 Å². The molecule has 0 radical (unpaired) electrons. The van der Waals surface area contributed by atoms with E-state index in [-0.39, 0.29) is 0 Å². The summed E-state index contributed by atoms with van der Waals surface area (Å²) in [5.41, 5.74) is -2.42. The minimum absolute atomic E-state index is 0.466. The second-order valence-corrected chi connectivity index (χ2v) is 3.69. The topological polar surface area (TPSA) is 38.8 Å². The first-order valence-corrected chi connectivity index (χ1v) is 4.57. The first-order chi connectivity index (χ1) is 6.95. The molecule has 0 unspecified atom stereocenters. The highest BCUT2D eigenvalue weighted by Gasteiger charge is 2.64. The molecule has 1 amide bonds. The summed E-state index contributed by atoms with van der Waals surface area (Å²) < 4.78 is 46.5. The molecule has 2 saturated heterocycles. The zero-order valence-corrected chi connectivity index (χ0v) is 7.84. The Kier molecular flexibility index (Phi) is 2.29. The van der Waals surface area contributed by atoms with Crippen LogP contribution >= 0.6 is 0 Å². The van der Waals surface area contributed by atoms with Crippen molar-refractivity contribution < 1.29 is 27.4 Å². The fraction of sp³-hybridized carbons (Fsp3) is 0.875. The molecular formula is C8H10F3NO3. The van der Waals surface area contributed by atoms with E-state index in [2.05, 4.69) is 9.47 Å². The third-order valence-corrected chi connectivity index (χ3v) is 2.58. The van der Waals surface area contributed by atoms with E-state index in [0.29, 0.717) is 13.1 Å². The van der Waals surface area contributed by atoms with E-state index < -0.39 is 31.1 Å². The van der Waals surface area contributed by atoms with Gasteiger partial charge in [0, 0.05) is 13.1 Å². The van der Waals surface area contributed by atoms with E-state index in [0.717, 1.165) is 6.42 Å². The fourth-order valence-corrected chi connectivity index (χ4v) is 1.30. The highest BCUT2D eigenvalue weighted by Crippen LogP contribution is 2.39. The van der Waals surface area contributed by atoms with Gasteiger partial charge < -0.3 is 14.4 Å². The van der Waals surface area contributed by atoms with Gasteiger partial charge >= 0.3 is 12.3 Å². The summed E-state index contributed by atoms with van der Waals surface area (Å²) in [5.74, 6) is 0. The average molecular weight is 225 g/mol. The van der Waals surface area contributed by atoms with Crippen LogP contribution in [0, 0.1) is 0 Å². The number of halogens is 3. The van der Waals surface area contributed by atoms with Crippen LogP contribution in [0.1, 0.15) is 6.42 Å². The van der Waals surface area contributed by atoms with Crippen LogP contribution in [-0.4, -0.2) is 49.1 Å². The molecule has 0 saturated carbocycles. The molecule has 2 rings (SSSR count). The number of likely N-dealkylation sites (tertiary alicyclic amines) is 1. The summed E-state index contributed by atoms with van der Waals surface area (Å²) >= 11 is 0. The van der Waals surface area contributed by atoms with Crippen molar-refractivity contribution >= 4 is 6.09 Å². The third kappa shape index (κ3) is 1.64. The van der Waals surface area contributed by atoms with Gasteiger partial charge in [-0.1, -0.05) is 0 Å². The summed E-state index contributed by atoms with van der Waals surface area (Å²) in [5, 5.41) is 0. The van der Waals surface area contributed by atoms with Crippen LogP contribution in [0.15, 0.2) is 0 Å². The number of rotatable bonds is 1. The molecule has 2 aliphatic rings. The molecule has 15 heavy (non-hydrogen) atoms. The molecule has 0 N–H and O–H groups in total. The number of alkyl halides is 3. The van der Waals surface area contributed by atoms with Crippen LogP contribution in [0.2, 0.25) is 0 Å². The van der Waals surface area contributed by atoms with Crippen LogP contribution in [0.4, 0.5) is 18.0 Å². The van der Waals surface area contributed by atoms with Crippen LogP contribution in [0.3, 0.4) is 0 Å². The van der Waals surface area contributed by atoms with Crippen LogP contribution in [0.5, 0.6) is 0 Å². The molecule has 2 fully saturated rings. The number of carbonyl (C=O) groups excluding carboxylic acids is 1. The maximum Gasteiger partial charge on any atom is 0.433 e. The van der Waals surface area contributed by atoms with Crippen molar-refractivity contribution in [2.24, 2.45) is 0 Å². The van der Waals surface area contributed by atoms with Crippen molar-refractivity contribution in [1.82, 2.24) is 4.90 Å². The molecule has 2 heterocycles. The molecule has 0 aromatic heterocycles. The lowest BCUT2D eigenvalue weighted by atomic mass is 10.0. The van der Waals surface area contributed by atoms with Crippen molar-refractivity contribution in [2.75, 3.05) is 26.3 Å². The Balaban J connectivity index is 1.98. The minimum Gasteiger partial charge on any atom is -0.428 e. The van der Waals surface area contributed by atoms with Crippen LogP contribution in [0.25, 0.3) is 0 Å². The van der Waals surface area contributed by atoms with Crippen molar-refractivity contribution in [3.8, 4) is 0 Å². The van der Waals surface area contributed by atoms with E-state index in [9.17, 15) is 18.0 Å². The Morgan fingerprint density at radius 3 is 2.20 bits per heavy atom. The highest BCUT2D eigenvalue weighted by molar-refractivity contribution is 5.69. The lowest BCUT2D eigenvalue weighted by Gasteiger charge is -2.43. The number of hydrogen-bond acceptors (Lipinski definition) is 3. The first kappa shape index (κ1) is 10.5. The van der Waals surface area contributed by atoms with Gasteiger partial charge in [-0.3, -0.25) is 0 Å². The minimum atomic E-state index is -4.56. The molecule has 0 aromatic carbocycles. The molecular weight excluding hydrogens is 215 g/mol. The Morgan fingerprint density at radius 1 is 1.33 bits per heavy atom. The predicted molar refractivity (Wildman–Crippen MR) is 42.3 cm³/mol. The smallest absolute Gasteiger partial charge is 0.428 e. The second kappa shape index (κ2) is 3.26. The number of hydrogen-bond donors (Lipinski definition) is 0. The summed E-state index contributed by atoms with van der Waals surface area (Å²) in [4.78, 5) is 12.5. The number of nitrogens with zero attached hydrogens (tertiary/aromatic N) is 1. The van der Waals surface area contributed by atoms with Crippen LogP contribution < -0.4 is 0 Å². The van der Waals surface area contributed by atoms with Gasteiger partial charge in [0.1, 0.15) is 0 Å². The average Bonchev–Trinajstić information content (AvgIpc) is 1.90. The standard InChI is InChI=1S/C8H10F3NO3/c9-8(10,11)7(4-14-5-7)15-6(13)12-2-1-3-12/h1-5H2. The van der Waals surface area contributed by atoms with E-state index in [1.54, 1.807) is 0 Å². The van der Waals surface area contributed by atoms with Crippen molar-refractivity contribution in [2.45, 2.75) is 18.2 Å². The predicted octanol–water partition coefficient (Wildman–Crippen LogP) is 1.16. The molecule has 4 nitrogen and oxygen atoms in total. The van der Waals surface area contributed by atoms with E-state index in [1.165, 1.54) is 4.90 Å². The van der Waals surface area contributed by atoms with Gasteiger partial charge in [-0.15, -0.1) is 0 Å². The molecule has 0 spiro atoms. The van der Waals surface area contributed by atoms with Crippen molar-refractivity contribution in [3.63, 3.8) is 0 Å². The summed E-state index contributed by atoms with van der Waals surface area (Å²) in [6.07, 6.45) is -4.65. The van der Waals surface area contributed by atoms with E-state index in [4.69, 9.17) is 0 Å². The quantitative estimate of drug-likeness (QED) is 0.672. The van der Waals surface area contributed by atoms with E-state index in [1.807, 2.05) is 0 Å². The van der Waals surface area contributed by atoms with Gasteiger partial charge in [-0.25, -0.2) is 4.79 Å². The normalized spacial score (nSPS) is 24.1. The summed E-state index contributed by atoms with van der Waals surface area (Å²) in [6, 6.07) is 0. The molecule has 7 heteroatoms. The largest absolute Gasteiger partial charge is 0.433 e. The fourth-order valence-electron chi connectivity index (χ4n) is 1.30. The number of ether oxygens (including phenoxy) is 2. The Bertz CT molecular complexity index is 271. The Hall–Kier alpha value is -0.980. The molecule has 0 atom stereocenters. The number of amides is 1. The van der Waals surface area contributed by atoms with Crippen molar-refractivity contribution in [1.29, 1.82) is 0 Å². The monoisotopic (exact) mass is 225 g/mol. The maximum absolute atomic E-state index is 12.5. The molecule has 0 bridgehead atoms. The second-order valence-electron chi connectivity index (χ2n) is 3.69. The molecule has 0 aliphatic carbocycles. The highest BCUT2D eigenvalue weighted by atomic mass is 19.4. The van der Waals surface area contributed by atoms with Gasteiger partial charge in [0.15, 0.2) is 0 Å². The molecule has 86 valence electrons. The first-order valence-electron chi connectivity index (χ1n) is 4.57. The third-order valence-electron chi connectivity index (χ3n) is 2.58. The lowest BCUT2D eigenvalue weighted by Crippen LogP contribution is -2.64. The maximum atomic E-state index is 12.5. The van der Waals surface area contributed by atoms with Crippen LogP contribution in [-0.2, 0) is 9.47 Å². The lowest BCUT2D eigenvalue weighted by molar-refractivity contribution is -0.333. The van der Waals surface area contributed by atoms with E-state index >= 15 is 0 Å². The number of carbonyl (C=O) groups is 1. The zero-order chi connectivity index (χ0) is 11.1. The SMILES string of the molecule is O=C(OC1(C(F)(F)F)COC1)N1CCC1. The summed E-state index contributed by atoms with van der Waals surface area (Å²) in [7, 11) is 0. The van der Waals surface area contributed by atoms with Gasteiger partial charge in [0.2, 0.25) is 0 Å². The van der Waals surface area contributed by atoms with Gasteiger partial charge in [-0.05, 0) is 6.42 Å². The zero-order valence-electron chi connectivity index (χ0n) is 7.84. The molecule has 2 aliphatic heterocycles. The Morgan fingerprint density at radius 2 is 1.93 bits per heavy atom. The van der Waals surface area contributed by atoms with Crippen molar-refractivity contribution in [3.05, 3.63) is 0 Å².